The molecule has 0 aromatic carbocycles. The first-order valence-corrected chi connectivity index (χ1v) is 10.8. The Bertz CT molecular complexity index is 732. The van der Waals surface area contributed by atoms with Crippen molar-refractivity contribution < 1.29 is 51.5 Å². The van der Waals surface area contributed by atoms with Gasteiger partial charge in [0, 0.05) is 11.8 Å². The second kappa shape index (κ2) is 6.96. The summed E-state index contributed by atoms with van der Waals surface area (Å²) in [5.74, 6) is 2.05. The number of Topliss-reactive ketones (excluding diaryl/α,β-unsaturated/α-hetero) is 1. The predicted molar refractivity (Wildman–Crippen MR) is 91.3 cm³/mol. The smallest absolute Gasteiger partial charge is 0.726 e. The van der Waals surface area contributed by atoms with Gasteiger partial charge in [0.05, 0.1) is 6.10 Å². The standard InChI is InChI=1S/C19H28O5S.Na/c1-18-9-7-13(24-25(21,22)23)11-12(18)3-4-14-15-5-6-17(20)19(15,2)10-8-16(14)18;/h3,13-16H,4-11H2,1-2H3,(H,21,22,23);/q;+1/p-1/t13-,14?,15?,16?,18?,19?;/m0./s1. The van der Waals surface area contributed by atoms with Gasteiger partial charge in [0.1, 0.15) is 5.78 Å². The van der Waals surface area contributed by atoms with E-state index in [1.54, 1.807) is 0 Å². The van der Waals surface area contributed by atoms with E-state index in [-0.39, 0.29) is 40.4 Å². The minimum absolute atomic E-state index is 0. The van der Waals surface area contributed by atoms with Gasteiger partial charge in [0.15, 0.2) is 0 Å². The maximum atomic E-state index is 12.4. The molecule has 26 heavy (non-hydrogen) atoms. The number of carbonyl (C=O) groups is 1. The SMILES string of the molecule is CC12CCC3C(CC=C4C[C@@H](OS(=O)(=O)[O-])CCC43C)C1CCC2=O.[Na+]. The molecule has 5 nitrogen and oxygen atoms in total. The molecule has 0 spiro atoms. The van der Waals surface area contributed by atoms with Crippen LogP contribution in [0.4, 0.5) is 0 Å². The molecule has 3 fully saturated rings. The molecular weight excluding hydrogens is 363 g/mol. The van der Waals surface area contributed by atoms with Gasteiger partial charge in [-0.15, -0.1) is 0 Å². The molecule has 0 amide bonds. The fourth-order valence-electron chi connectivity index (χ4n) is 6.65. The molecule has 0 bridgehead atoms. The van der Waals surface area contributed by atoms with Gasteiger partial charge in [-0.2, -0.15) is 0 Å². The van der Waals surface area contributed by atoms with E-state index in [0.717, 1.165) is 38.5 Å². The van der Waals surface area contributed by atoms with Crippen LogP contribution in [-0.2, 0) is 19.4 Å². The van der Waals surface area contributed by atoms with E-state index < -0.39 is 16.5 Å². The summed E-state index contributed by atoms with van der Waals surface area (Å²) in [5.41, 5.74) is 1.20. The summed E-state index contributed by atoms with van der Waals surface area (Å²) in [6.07, 6.45) is 8.55. The van der Waals surface area contributed by atoms with Crippen LogP contribution in [0, 0.1) is 28.6 Å². The third-order valence-corrected chi connectivity index (χ3v) is 8.53. The third-order valence-electron chi connectivity index (χ3n) is 8.02. The largest absolute Gasteiger partial charge is 1.00 e. The Morgan fingerprint density at radius 1 is 1.12 bits per heavy atom. The van der Waals surface area contributed by atoms with Gasteiger partial charge in [-0.05, 0) is 68.1 Å². The van der Waals surface area contributed by atoms with E-state index in [9.17, 15) is 17.8 Å². The van der Waals surface area contributed by atoms with E-state index in [2.05, 4.69) is 19.9 Å². The summed E-state index contributed by atoms with van der Waals surface area (Å²) in [4.78, 5) is 12.4. The Morgan fingerprint density at radius 3 is 2.46 bits per heavy atom. The molecule has 0 aromatic heterocycles. The first-order chi connectivity index (χ1) is 11.6. The molecule has 140 valence electrons. The quantitative estimate of drug-likeness (QED) is 0.294. The van der Waals surface area contributed by atoms with Crippen LogP contribution >= 0.6 is 0 Å². The molecule has 0 radical (unpaired) electrons. The number of rotatable bonds is 2. The molecule has 4 rings (SSSR count). The van der Waals surface area contributed by atoms with Crippen molar-refractivity contribution in [3.8, 4) is 0 Å². The molecule has 0 aromatic rings. The Labute approximate surface area is 178 Å². The predicted octanol–water partition coefficient (Wildman–Crippen LogP) is 0.368. The van der Waals surface area contributed by atoms with Crippen molar-refractivity contribution in [1.29, 1.82) is 0 Å². The van der Waals surface area contributed by atoms with Gasteiger partial charge in [-0.25, -0.2) is 8.42 Å². The molecule has 0 N–H and O–H groups in total. The topological polar surface area (TPSA) is 83.5 Å². The van der Waals surface area contributed by atoms with Crippen LogP contribution in [0.25, 0.3) is 0 Å². The number of carbonyl (C=O) groups excluding carboxylic acids is 1. The van der Waals surface area contributed by atoms with E-state index in [1.165, 1.54) is 5.57 Å². The zero-order valence-corrected chi connectivity index (χ0v) is 18.8. The van der Waals surface area contributed by atoms with Gasteiger partial charge < -0.3 is 4.55 Å². The third kappa shape index (κ3) is 3.29. The number of ketones is 1. The molecule has 0 aliphatic heterocycles. The summed E-state index contributed by atoms with van der Waals surface area (Å²) in [6.45, 7) is 4.48. The molecular formula is C19H27NaO5S. The maximum Gasteiger partial charge on any atom is 1.00 e. The van der Waals surface area contributed by atoms with Crippen molar-refractivity contribution in [3.63, 3.8) is 0 Å². The summed E-state index contributed by atoms with van der Waals surface area (Å²) < 4.78 is 37.5. The fourth-order valence-corrected chi connectivity index (χ4v) is 7.14. The van der Waals surface area contributed by atoms with Crippen molar-refractivity contribution >= 4 is 16.2 Å². The van der Waals surface area contributed by atoms with Crippen LogP contribution in [0.15, 0.2) is 11.6 Å². The Balaban J connectivity index is 0.00000196. The molecule has 3 saturated carbocycles. The van der Waals surface area contributed by atoms with Crippen molar-refractivity contribution in [2.24, 2.45) is 28.6 Å². The van der Waals surface area contributed by atoms with Crippen LogP contribution in [-0.4, -0.2) is 24.9 Å². The molecule has 7 heteroatoms. The van der Waals surface area contributed by atoms with Crippen LogP contribution in [0.2, 0.25) is 0 Å². The zero-order valence-electron chi connectivity index (χ0n) is 16.0. The minimum atomic E-state index is -4.65. The normalized spacial score (nSPS) is 45.0. The fraction of sp³-hybridized carbons (Fsp3) is 0.842. The molecule has 4 aliphatic carbocycles. The summed E-state index contributed by atoms with van der Waals surface area (Å²) in [7, 11) is -4.65. The monoisotopic (exact) mass is 390 g/mol. The molecule has 6 atom stereocenters. The number of hydrogen-bond acceptors (Lipinski definition) is 5. The summed E-state index contributed by atoms with van der Waals surface area (Å²) in [5, 5.41) is 0. The van der Waals surface area contributed by atoms with Crippen LogP contribution in [0.5, 0.6) is 0 Å². The minimum Gasteiger partial charge on any atom is -0.726 e. The Kier molecular flexibility index (Phi) is 5.62. The second-order valence-electron chi connectivity index (χ2n) is 9.05. The second-order valence-corrected chi connectivity index (χ2v) is 10.1. The Hall–Kier alpha value is 0.280. The van der Waals surface area contributed by atoms with E-state index >= 15 is 0 Å². The van der Waals surface area contributed by atoms with Gasteiger partial charge in [-0.1, -0.05) is 25.5 Å². The van der Waals surface area contributed by atoms with Crippen molar-refractivity contribution in [2.45, 2.75) is 71.3 Å². The average molecular weight is 390 g/mol. The van der Waals surface area contributed by atoms with Gasteiger partial charge in [0.25, 0.3) is 0 Å². The summed E-state index contributed by atoms with van der Waals surface area (Å²) in [6, 6.07) is 0. The van der Waals surface area contributed by atoms with Crippen molar-refractivity contribution in [3.05, 3.63) is 11.6 Å². The van der Waals surface area contributed by atoms with E-state index in [4.69, 9.17) is 4.18 Å². The summed E-state index contributed by atoms with van der Waals surface area (Å²) >= 11 is 0. The van der Waals surface area contributed by atoms with Crippen LogP contribution in [0.3, 0.4) is 0 Å². The zero-order chi connectivity index (χ0) is 18.0. The van der Waals surface area contributed by atoms with Crippen LogP contribution < -0.4 is 29.6 Å². The van der Waals surface area contributed by atoms with E-state index in [1.807, 2.05) is 0 Å². The molecule has 0 heterocycles. The van der Waals surface area contributed by atoms with Gasteiger partial charge >= 0.3 is 29.6 Å². The molecule has 5 unspecified atom stereocenters. The number of allylic oxidation sites excluding steroid dienone is 1. The maximum absolute atomic E-state index is 12.4. The molecule has 0 saturated heterocycles. The first-order valence-electron chi connectivity index (χ1n) is 9.50. The van der Waals surface area contributed by atoms with Crippen molar-refractivity contribution in [2.75, 3.05) is 0 Å². The number of hydrogen-bond donors (Lipinski definition) is 0. The Morgan fingerprint density at radius 2 is 1.77 bits per heavy atom. The number of fused-ring (bicyclic) bond motifs is 5. The van der Waals surface area contributed by atoms with Gasteiger partial charge in [-0.3, -0.25) is 8.98 Å². The van der Waals surface area contributed by atoms with Gasteiger partial charge in [0.2, 0.25) is 10.4 Å². The van der Waals surface area contributed by atoms with Crippen LogP contribution in [0.1, 0.15) is 65.2 Å². The first kappa shape index (κ1) is 21.0. The molecule has 4 aliphatic rings. The average Bonchev–Trinajstić information content (AvgIpc) is 2.82. The van der Waals surface area contributed by atoms with E-state index in [0.29, 0.717) is 36.4 Å². The van der Waals surface area contributed by atoms with Crippen molar-refractivity contribution in [1.82, 2.24) is 0 Å².